The molecule has 0 unspecified atom stereocenters. The molecular weight excluding hydrogens is 346 g/mol. The van der Waals surface area contributed by atoms with Crippen molar-refractivity contribution in [3.8, 4) is 0 Å². The van der Waals surface area contributed by atoms with Gasteiger partial charge in [0.15, 0.2) is 0 Å². The molecular formula is C19H27N5O3. The van der Waals surface area contributed by atoms with E-state index in [1.54, 1.807) is 9.47 Å². The number of likely N-dealkylation sites (tertiary alicyclic amines) is 1. The van der Waals surface area contributed by atoms with E-state index in [0.29, 0.717) is 25.9 Å². The number of rotatable bonds is 5. The van der Waals surface area contributed by atoms with Crippen LogP contribution in [0.1, 0.15) is 32.7 Å². The van der Waals surface area contributed by atoms with Crippen molar-refractivity contribution in [1.29, 1.82) is 0 Å². The lowest BCUT2D eigenvalue weighted by Crippen LogP contribution is -2.49. The lowest BCUT2D eigenvalue weighted by Gasteiger charge is -2.32. The fraction of sp³-hybridized carbons (Fsp3) is 0.526. The van der Waals surface area contributed by atoms with Gasteiger partial charge in [-0.1, -0.05) is 26.0 Å². The van der Waals surface area contributed by atoms with E-state index in [2.05, 4.69) is 10.3 Å². The molecule has 0 bridgehead atoms. The first kappa shape index (κ1) is 19.2. The number of benzene rings is 1. The van der Waals surface area contributed by atoms with Crippen molar-refractivity contribution >= 4 is 22.8 Å². The van der Waals surface area contributed by atoms with Crippen LogP contribution in [-0.4, -0.2) is 51.9 Å². The molecule has 8 heteroatoms. The number of para-hydroxylation sites is 2. The van der Waals surface area contributed by atoms with Crippen LogP contribution in [-0.2, 0) is 9.59 Å². The number of fused-ring (bicyclic) bond motifs is 1. The highest BCUT2D eigenvalue weighted by atomic mass is 16.2. The Hall–Kier alpha value is -2.61. The molecule has 1 aromatic carbocycles. The van der Waals surface area contributed by atoms with Crippen molar-refractivity contribution < 1.29 is 9.59 Å². The minimum atomic E-state index is -0.614. The normalized spacial score (nSPS) is 16.7. The summed E-state index contributed by atoms with van der Waals surface area (Å²) in [5.41, 5.74) is 7.38. The maximum Gasteiger partial charge on any atom is 0.326 e. The van der Waals surface area contributed by atoms with Gasteiger partial charge >= 0.3 is 5.69 Å². The third-order valence-electron chi connectivity index (χ3n) is 5.24. The topological polar surface area (TPSA) is 113 Å². The molecule has 0 spiro atoms. The number of piperidine rings is 1. The van der Waals surface area contributed by atoms with Crippen LogP contribution in [0, 0.1) is 5.92 Å². The first-order chi connectivity index (χ1) is 12.9. The molecule has 0 aliphatic carbocycles. The van der Waals surface area contributed by atoms with Crippen molar-refractivity contribution in [3.05, 3.63) is 34.7 Å². The monoisotopic (exact) mass is 373 g/mol. The number of nitrogens with two attached hydrogens (primary N) is 1. The highest BCUT2D eigenvalue weighted by molar-refractivity contribution is 5.87. The van der Waals surface area contributed by atoms with Crippen molar-refractivity contribution in [2.24, 2.45) is 11.7 Å². The molecule has 1 fully saturated rings. The fourth-order valence-electron chi connectivity index (χ4n) is 3.51. The summed E-state index contributed by atoms with van der Waals surface area (Å²) < 4.78 is 1.79. The van der Waals surface area contributed by atoms with Gasteiger partial charge in [-0.05, 0) is 30.9 Å². The minimum Gasteiger partial charge on any atom is -0.346 e. The summed E-state index contributed by atoms with van der Waals surface area (Å²) >= 11 is 0. The molecule has 1 aromatic heterocycles. The van der Waals surface area contributed by atoms with Gasteiger partial charge in [-0.2, -0.15) is 0 Å². The molecule has 2 heterocycles. The van der Waals surface area contributed by atoms with Crippen molar-refractivity contribution in [2.75, 3.05) is 19.6 Å². The van der Waals surface area contributed by atoms with Crippen LogP contribution in [0.25, 0.3) is 11.0 Å². The Morgan fingerprint density at radius 1 is 1.26 bits per heavy atom. The number of carbonyl (C=O) groups excluding carboxylic acids is 2. The van der Waals surface area contributed by atoms with Crippen LogP contribution in [0.5, 0.6) is 0 Å². The second-order valence-electron chi connectivity index (χ2n) is 7.42. The number of amides is 2. The molecule has 0 radical (unpaired) electrons. The molecule has 2 amide bonds. The molecule has 1 saturated heterocycles. The van der Waals surface area contributed by atoms with Crippen LogP contribution < -0.4 is 16.7 Å². The lowest BCUT2D eigenvalue weighted by molar-refractivity contribution is -0.134. The van der Waals surface area contributed by atoms with Gasteiger partial charge < -0.3 is 20.9 Å². The maximum atomic E-state index is 12.4. The zero-order chi connectivity index (χ0) is 19.6. The second kappa shape index (κ2) is 7.96. The first-order valence-corrected chi connectivity index (χ1v) is 9.38. The van der Waals surface area contributed by atoms with Crippen LogP contribution in [0.2, 0.25) is 0 Å². The summed E-state index contributed by atoms with van der Waals surface area (Å²) in [6.45, 7) is 4.80. The highest BCUT2D eigenvalue weighted by Crippen LogP contribution is 2.24. The van der Waals surface area contributed by atoms with E-state index in [-0.39, 0.29) is 36.0 Å². The van der Waals surface area contributed by atoms with E-state index < -0.39 is 6.04 Å². The molecule has 3 rings (SSSR count). The zero-order valence-corrected chi connectivity index (χ0v) is 15.8. The molecule has 1 aliphatic rings. The number of nitrogens with one attached hydrogen (secondary N) is 2. The highest BCUT2D eigenvalue weighted by Gasteiger charge is 2.26. The van der Waals surface area contributed by atoms with Crippen molar-refractivity contribution in [3.63, 3.8) is 0 Å². The summed E-state index contributed by atoms with van der Waals surface area (Å²) in [6, 6.07) is 7.06. The molecule has 4 N–H and O–H groups in total. The third-order valence-corrected chi connectivity index (χ3v) is 5.24. The fourth-order valence-corrected chi connectivity index (χ4v) is 3.51. The summed E-state index contributed by atoms with van der Waals surface area (Å²) in [7, 11) is 0. The maximum absolute atomic E-state index is 12.4. The molecule has 8 nitrogen and oxygen atoms in total. The van der Waals surface area contributed by atoms with Crippen LogP contribution in [0.4, 0.5) is 0 Å². The van der Waals surface area contributed by atoms with Crippen molar-refractivity contribution in [2.45, 2.75) is 38.8 Å². The van der Waals surface area contributed by atoms with E-state index in [0.717, 1.165) is 11.0 Å². The zero-order valence-electron chi connectivity index (χ0n) is 15.8. The predicted octanol–water partition coefficient (Wildman–Crippen LogP) is 0.593. The van der Waals surface area contributed by atoms with Crippen molar-refractivity contribution in [1.82, 2.24) is 19.8 Å². The summed E-state index contributed by atoms with van der Waals surface area (Å²) in [5.74, 6) is -0.409. The molecule has 1 aliphatic heterocycles. The van der Waals surface area contributed by atoms with E-state index in [1.165, 1.54) is 0 Å². The molecule has 27 heavy (non-hydrogen) atoms. The summed E-state index contributed by atoms with van der Waals surface area (Å²) in [4.78, 5) is 41.2. The molecule has 0 saturated carbocycles. The number of carbonyl (C=O) groups is 2. The minimum absolute atomic E-state index is 0.0188. The number of hydrogen-bond donors (Lipinski definition) is 3. The Morgan fingerprint density at radius 2 is 1.93 bits per heavy atom. The Kier molecular flexibility index (Phi) is 5.65. The number of H-pyrrole nitrogens is 1. The Bertz CT molecular complexity index is 877. The van der Waals surface area contributed by atoms with E-state index in [1.807, 2.05) is 38.1 Å². The Balaban J connectivity index is 1.57. The van der Waals surface area contributed by atoms with Gasteiger partial charge in [0.05, 0.1) is 23.6 Å². The van der Waals surface area contributed by atoms with Gasteiger partial charge in [-0.3, -0.25) is 14.2 Å². The largest absolute Gasteiger partial charge is 0.346 e. The average Bonchev–Trinajstić information content (AvgIpc) is 3.00. The van der Waals surface area contributed by atoms with Gasteiger partial charge in [-0.25, -0.2) is 4.79 Å². The van der Waals surface area contributed by atoms with E-state index >= 15 is 0 Å². The second-order valence-corrected chi connectivity index (χ2v) is 7.42. The quantitative estimate of drug-likeness (QED) is 0.712. The number of aromatic amines is 1. The number of hydrogen-bond acceptors (Lipinski definition) is 4. The molecule has 146 valence electrons. The Morgan fingerprint density at radius 3 is 2.59 bits per heavy atom. The van der Waals surface area contributed by atoms with Gasteiger partial charge in [-0.15, -0.1) is 0 Å². The number of aromatic nitrogens is 2. The third kappa shape index (κ3) is 4.05. The van der Waals surface area contributed by atoms with Gasteiger partial charge in [0.25, 0.3) is 0 Å². The average molecular weight is 373 g/mol. The van der Waals surface area contributed by atoms with Gasteiger partial charge in [0, 0.05) is 19.1 Å². The predicted molar refractivity (Wildman–Crippen MR) is 103 cm³/mol. The van der Waals surface area contributed by atoms with Gasteiger partial charge in [0.2, 0.25) is 11.8 Å². The standard InChI is InChI=1S/C19H27N5O3/c1-12(2)17(20)18(26)21-11-16(25)23-9-7-13(8-10-23)24-15-6-4-3-5-14(15)22-19(24)27/h3-6,12-13,17H,7-11,20H2,1-2H3,(H,21,26)(H,22,27)/t17-/m0/s1. The Labute approximate surface area is 157 Å². The van der Waals surface area contributed by atoms with E-state index in [9.17, 15) is 14.4 Å². The SMILES string of the molecule is CC(C)[C@H](N)C(=O)NCC(=O)N1CCC(n2c(=O)[nH]c3ccccc32)CC1. The van der Waals surface area contributed by atoms with Crippen LogP contribution in [0.3, 0.4) is 0 Å². The summed E-state index contributed by atoms with van der Waals surface area (Å²) in [5, 5.41) is 2.62. The van der Waals surface area contributed by atoms with Gasteiger partial charge in [0.1, 0.15) is 0 Å². The van der Waals surface area contributed by atoms with Crippen LogP contribution >= 0.6 is 0 Å². The van der Waals surface area contributed by atoms with Crippen LogP contribution in [0.15, 0.2) is 29.1 Å². The lowest BCUT2D eigenvalue weighted by atomic mass is 10.0. The number of imidazole rings is 1. The molecule has 2 aromatic rings. The smallest absolute Gasteiger partial charge is 0.326 e. The summed E-state index contributed by atoms with van der Waals surface area (Å²) in [6.07, 6.45) is 1.40. The first-order valence-electron chi connectivity index (χ1n) is 9.38. The number of nitrogens with zero attached hydrogens (tertiary/aromatic N) is 2. The molecule has 1 atom stereocenters. The van der Waals surface area contributed by atoms with E-state index in [4.69, 9.17) is 5.73 Å².